The molecule has 1 aromatic rings. The fraction of sp³-hybridized carbons (Fsp3) is 0.500. The van der Waals surface area contributed by atoms with Crippen LogP contribution in [0.15, 0.2) is 12.1 Å². The van der Waals surface area contributed by atoms with Crippen LogP contribution in [0.4, 0.5) is 5.69 Å². The van der Waals surface area contributed by atoms with Crippen LogP contribution in [0, 0.1) is 37.5 Å². The van der Waals surface area contributed by atoms with Crippen molar-refractivity contribution in [2.45, 2.75) is 47.1 Å². The van der Waals surface area contributed by atoms with Crippen LogP contribution in [0.5, 0.6) is 0 Å². The SMILES string of the molecule is Cc1cc(C)c(N2CCC(NC(=O)C(C)(C)C#N)C2=O)c(C)c1. The molecule has 2 rings (SSSR count). The van der Waals surface area contributed by atoms with Crippen molar-refractivity contribution in [1.82, 2.24) is 5.32 Å². The Labute approximate surface area is 137 Å². The molecule has 0 aromatic heterocycles. The lowest BCUT2D eigenvalue weighted by atomic mass is 9.94. The van der Waals surface area contributed by atoms with Crippen LogP contribution >= 0.6 is 0 Å². The molecule has 1 aliphatic heterocycles. The summed E-state index contributed by atoms with van der Waals surface area (Å²) in [6.45, 7) is 9.69. The van der Waals surface area contributed by atoms with E-state index in [1.165, 1.54) is 0 Å². The van der Waals surface area contributed by atoms with Gasteiger partial charge in [0.2, 0.25) is 11.8 Å². The van der Waals surface area contributed by atoms with Gasteiger partial charge in [0.15, 0.2) is 0 Å². The second-order valence-corrected chi connectivity index (χ2v) is 6.79. The molecule has 1 saturated heterocycles. The van der Waals surface area contributed by atoms with Gasteiger partial charge in [-0.3, -0.25) is 9.59 Å². The summed E-state index contributed by atoms with van der Waals surface area (Å²) < 4.78 is 0. The van der Waals surface area contributed by atoms with Crippen LogP contribution in [0.2, 0.25) is 0 Å². The number of carbonyl (C=O) groups is 2. The number of anilines is 1. The summed E-state index contributed by atoms with van der Waals surface area (Å²) in [6.07, 6.45) is 0.554. The lowest BCUT2D eigenvalue weighted by molar-refractivity contribution is -0.130. The fourth-order valence-electron chi connectivity index (χ4n) is 3.02. The lowest BCUT2D eigenvalue weighted by Crippen LogP contribution is -2.46. The van der Waals surface area contributed by atoms with E-state index in [1.54, 1.807) is 18.7 Å². The maximum atomic E-state index is 12.7. The Hall–Kier alpha value is -2.35. The monoisotopic (exact) mass is 313 g/mol. The largest absolute Gasteiger partial charge is 0.343 e. The van der Waals surface area contributed by atoms with Crippen molar-refractivity contribution in [2.24, 2.45) is 5.41 Å². The third-order valence-electron chi connectivity index (χ3n) is 4.26. The Morgan fingerprint density at radius 3 is 2.39 bits per heavy atom. The van der Waals surface area contributed by atoms with Crippen LogP contribution in [-0.4, -0.2) is 24.4 Å². The van der Waals surface area contributed by atoms with E-state index in [9.17, 15) is 9.59 Å². The molecule has 1 aromatic carbocycles. The summed E-state index contributed by atoms with van der Waals surface area (Å²) in [5, 5.41) is 11.7. The van der Waals surface area contributed by atoms with Crippen molar-refractivity contribution in [2.75, 3.05) is 11.4 Å². The third kappa shape index (κ3) is 3.21. The third-order valence-corrected chi connectivity index (χ3v) is 4.26. The molecule has 0 radical (unpaired) electrons. The lowest BCUT2D eigenvalue weighted by Gasteiger charge is -2.23. The maximum absolute atomic E-state index is 12.7. The van der Waals surface area contributed by atoms with E-state index < -0.39 is 17.4 Å². The van der Waals surface area contributed by atoms with Crippen molar-refractivity contribution in [3.8, 4) is 6.07 Å². The molecule has 0 saturated carbocycles. The average molecular weight is 313 g/mol. The van der Waals surface area contributed by atoms with Crippen molar-refractivity contribution in [3.05, 3.63) is 28.8 Å². The molecular weight excluding hydrogens is 290 g/mol. The molecule has 23 heavy (non-hydrogen) atoms. The van der Waals surface area contributed by atoms with Gasteiger partial charge in [-0.2, -0.15) is 5.26 Å². The molecular formula is C18H23N3O2. The Kier molecular flexibility index (Phi) is 4.46. The smallest absolute Gasteiger partial charge is 0.249 e. The number of carbonyl (C=O) groups excluding carboxylic acids is 2. The number of benzene rings is 1. The number of hydrogen-bond acceptors (Lipinski definition) is 3. The summed E-state index contributed by atoms with van der Waals surface area (Å²) >= 11 is 0. The van der Waals surface area contributed by atoms with Gasteiger partial charge in [0.25, 0.3) is 0 Å². The Morgan fingerprint density at radius 1 is 1.30 bits per heavy atom. The second-order valence-electron chi connectivity index (χ2n) is 6.79. The van der Waals surface area contributed by atoms with E-state index >= 15 is 0 Å². The quantitative estimate of drug-likeness (QED) is 0.931. The molecule has 1 aliphatic rings. The standard InChI is InChI=1S/C18H23N3O2/c1-11-8-12(2)15(13(3)9-11)21-7-6-14(16(21)22)20-17(23)18(4,5)10-19/h8-9,14H,6-7H2,1-5H3,(H,20,23). The van der Waals surface area contributed by atoms with Gasteiger partial charge < -0.3 is 10.2 Å². The number of aryl methyl sites for hydroxylation is 3. The Morgan fingerprint density at radius 2 is 1.87 bits per heavy atom. The van der Waals surface area contributed by atoms with E-state index in [1.807, 2.05) is 26.8 Å². The number of hydrogen-bond donors (Lipinski definition) is 1. The van der Waals surface area contributed by atoms with Crippen LogP contribution < -0.4 is 10.2 Å². The number of nitrogens with zero attached hydrogens (tertiary/aromatic N) is 2. The minimum Gasteiger partial charge on any atom is -0.343 e. The highest BCUT2D eigenvalue weighted by atomic mass is 16.2. The number of nitriles is 1. The van der Waals surface area contributed by atoms with Gasteiger partial charge in [-0.25, -0.2) is 0 Å². The molecule has 2 amide bonds. The zero-order valence-corrected chi connectivity index (χ0v) is 14.4. The van der Waals surface area contributed by atoms with Crippen molar-refractivity contribution < 1.29 is 9.59 Å². The van der Waals surface area contributed by atoms with Gasteiger partial charge in [0.05, 0.1) is 6.07 Å². The van der Waals surface area contributed by atoms with Gasteiger partial charge >= 0.3 is 0 Å². The Balaban J connectivity index is 2.21. The first kappa shape index (κ1) is 17.0. The van der Waals surface area contributed by atoms with Crippen molar-refractivity contribution >= 4 is 17.5 Å². The zero-order valence-electron chi connectivity index (χ0n) is 14.4. The number of nitrogens with one attached hydrogen (secondary N) is 1. The first-order chi connectivity index (χ1) is 10.7. The van der Waals surface area contributed by atoms with E-state index in [-0.39, 0.29) is 5.91 Å². The predicted octanol–water partition coefficient (Wildman–Crippen LogP) is 2.38. The molecule has 1 heterocycles. The molecule has 1 fully saturated rings. The highest BCUT2D eigenvalue weighted by molar-refractivity contribution is 6.03. The van der Waals surface area contributed by atoms with Crippen LogP contribution in [0.3, 0.4) is 0 Å². The van der Waals surface area contributed by atoms with Crippen LogP contribution in [-0.2, 0) is 9.59 Å². The normalized spacial score (nSPS) is 18.0. The summed E-state index contributed by atoms with van der Waals surface area (Å²) in [6, 6.07) is 5.51. The fourth-order valence-corrected chi connectivity index (χ4v) is 3.02. The molecule has 0 bridgehead atoms. The van der Waals surface area contributed by atoms with Crippen molar-refractivity contribution in [1.29, 1.82) is 5.26 Å². The number of rotatable bonds is 3. The van der Waals surface area contributed by atoms with E-state index in [2.05, 4.69) is 17.4 Å². The Bertz CT molecular complexity index is 678. The molecule has 122 valence electrons. The van der Waals surface area contributed by atoms with Gasteiger partial charge in [-0.1, -0.05) is 17.7 Å². The summed E-state index contributed by atoms with van der Waals surface area (Å²) in [5.74, 6) is -0.514. The zero-order chi connectivity index (χ0) is 17.4. The predicted molar refractivity (Wildman–Crippen MR) is 88.9 cm³/mol. The highest BCUT2D eigenvalue weighted by Crippen LogP contribution is 2.30. The molecule has 1 N–H and O–H groups in total. The first-order valence-electron chi connectivity index (χ1n) is 7.79. The summed E-state index contributed by atoms with van der Waals surface area (Å²) in [5.41, 5.74) is 3.07. The minimum absolute atomic E-state index is 0.109. The average Bonchev–Trinajstić information content (AvgIpc) is 2.79. The van der Waals surface area contributed by atoms with Crippen molar-refractivity contribution in [3.63, 3.8) is 0 Å². The van der Waals surface area contributed by atoms with E-state index in [0.29, 0.717) is 13.0 Å². The van der Waals surface area contributed by atoms with E-state index in [0.717, 1.165) is 22.4 Å². The van der Waals surface area contributed by atoms with E-state index in [4.69, 9.17) is 5.26 Å². The van der Waals surface area contributed by atoms with Gasteiger partial charge in [0, 0.05) is 12.2 Å². The van der Waals surface area contributed by atoms with Gasteiger partial charge in [-0.05, 0) is 52.2 Å². The summed E-state index contributed by atoms with van der Waals surface area (Å²) in [7, 11) is 0. The molecule has 0 spiro atoms. The number of amides is 2. The highest BCUT2D eigenvalue weighted by Gasteiger charge is 2.38. The van der Waals surface area contributed by atoms with Gasteiger partial charge in [-0.15, -0.1) is 0 Å². The topological polar surface area (TPSA) is 73.2 Å². The van der Waals surface area contributed by atoms with Crippen LogP contribution in [0.1, 0.15) is 37.0 Å². The molecule has 1 unspecified atom stereocenters. The minimum atomic E-state index is -1.14. The second kappa shape index (κ2) is 6.04. The maximum Gasteiger partial charge on any atom is 0.249 e. The van der Waals surface area contributed by atoms with Crippen LogP contribution in [0.25, 0.3) is 0 Å². The molecule has 5 heteroatoms. The molecule has 1 atom stereocenters. The van der Waals surface area contributed by atoms with Gasteiger partial charge in [0.1, 0.15) is 11.5 Å². The first-order valence-corrected chi connectivity index (χ1v) is 7.79. The molecule has 5 nitrogen and oxygen atoms in total. The summed E-state index contributed by atoms with van der Waals surface area (Å²) in [4.78, 5) is 26.5. The molecule has 0 aliphatic carbocycles.